The minimum atomic E-state index is -0.00557. The van der Waals surface area contributed by atoms with E-state index in [0.29, 0.717) is 5.41 Å². The molecule has 0 aromatic heterocycles. The smallest absolute Gasteiger partial charge is 0.0252 e. The van der Waals surface area contributed by atoms with Gasteiger partial charge in [-0.15, -0.1) is 0 Å². The van der Waals surface area contributed by atoms with Crippen LogP contribution in [0.25, 0.3) is 0 Å². The number of nitrogens with one attached hydrogen (secondary N) is 1. The zero-order valence-electron chi connectivity index (χ0n) is 10.3. The summed E-state index contributed by atoms with van der Waals surface area (Å²) in [5.74, 6) is 1.06. The van der Waals surface area contributed by atoms with Crippen LogP contribution in [0.5, 0.6) is 0 Å². The topological polar surface area (TPSA) is 38.0 Å². The third-order valence-corrected chi connectivity index (χ3v) is 4.16. The Hall–Kier alpha value is -0.0800. The van der Waals surface area contributed by atoms with Crippen molar-refractivity contribution in [3.8, 4) is 0 Å². The van der Waals surface area contributed by atoms with E-state index in [1.165, 1.54) is 38.6 Å². The molecule has 0 amide bonds. The van der Waals surface area contributed by atoms with Crippen molar-refractivity contribution in [1.29, 1.82) is 0 Å². The van der Waals surface area contributed by atoms with Crippen LogP contribution in [0, 0.1) is 11.3 Å². The van der Waals surface area contributed by atoms with E-state index in [-0.39, 0.29) is 5.54 Å². The summed E-state index contributed by atoms with van der Waals surface area (Å²) < 4.78 is 0. The van der Waals surface area contributed by atoms with E-state index >= 15 is 0 Å². The molecule has 0 radical (unpaired) electrons. The van der Waals surface area contributed by atoms with Crippen LogP contribution >= 0.6 is 0 Å². The van der Waals surface area contributed by atoms with Gasteiger partial charge in [0.2, 0.25) is 0 Å². The molecule has 2 aliphatic carbocycles. The van der Waals surface area contributed by atoms with Crippen molar-refractivity contribution in [2.24, 2.45) is 17.1 Å². The van der Waals surface area contributed by atoms with Gasteiger partial charge in [-0.2, -0.15) is 0 Å². The van der Waals surface area contributed by atoms with Gasteiger partial charge in [0.1, 0.15) is 0 Å². The van der Waals surface area contributed by atoms with Gasteiger partial charge < -0.3 is 11.1 Å². The first-order chi connectivity index (χ1) is 7.08. The molecule has 2 aliphatic rings. The molecule has 1 unspecified atom stereocenters. The van der Waals surface area contributed by atoms with Crippen molar-refractivity contribution in [3.63, 3.8) is 0 Å². The van der Waals surface area contributed by atoms with Crippen LogP contribution < -0.4 is 11.1 Å². The minimum Gasteiger partial charge on any atom is -0.324 e. The number of hydrogen-bond acceptors (Lipinski definition) is 2. The molecule has 0 aliphatic heterocycles. The number of hydrogen-bond donors (Lipinski definition) is 2. The maximum Gasteiger partial charge on any atom is 0.0252 e. The maximum absolute atomic E-state index is 6.21. The zero-order chi connectivity index (χ0) is 10.9. The Kier molecular flexibility index (Phi) is 3.09. The monoisotopic (exact) mass is 210 g/mol. The Labute approximate surface area is 94.0 Å². The van der Waals surface area contributed by atoms with Crippen LogP contribution in [-0.4, -0.2) is 18.6 Å². The Bertz CT molecular complexity index is 215. The van der Waals surface area contributed by atoms with Gasteiger partial charge in [-0.1, -0.05) is 13.3 Å². The van der Waals surface area contributed by atoms with E-state index in [1.807, 2.05) is 0 Å². The lowest BCUT2D eigenvalue weighted by atomic mass is 9.96. The van der Waals surface area contributed by atoms with Crippen LogP contribution in [0.2, 0.25) is 0 Å². The molecule has 0 spiro atoms. The molecule has 2 saturated carbocycles. The average Bonchev–Trinajstić information content (AvgIpc) is 2.99. The molecule has 0 saturated heterocycles. The second-order valence-corrected chi connectivity index (χ2v) is 6.14. The quantitative estimate of drug-likeness (QED) is 0.676. The molecule has 2 fully saturated rings. The van der Waals surface area contributed by atoms with Gasteiger partial charge >= 0.3 is 0 Å². The van der Waals surface area contributed by atoms with E-state index in [4.69, 9.17) is 5.73 Å². The van der Waals surface area contributed by atoms with Gasteiger partial charge in [0.25, 0.3) is 0 Å². The number of nitrogens with two attached hydrogens (primary N) is 1. The van der Waals surface area contributed by atoms with Crippen LogP contribution in [0.1, 0.15) is 52.4 Å². The fraction of sp³-hybridized carbons (Fsp3) is 1.00. The van der Waals surface area contributed by atoms with E-state index in [0.717, 1.165) is 18.9 Å². The van der Waals surface area contributed by atoms with Gasteiger partial charge in [0.05, 0.1) is 0 Å². The highest BCUT2D eigenvalue weighted by atomic mass is 15.0. The van der Waals surface area contributed by atoms with Crippen LogP contribution in [0.4, 0.5) is 0 Å². The summed E-state index contributed by atoms with van der Waals surface area (Å²) in [5.41, 5.74) is 6.91. The molecule has 1 atom stereocenters. The molecule has 0 heterocycles. The highest BCUT2D eigenvalue weighted by Gasteiger charge is 2.53. The summed E-state index contributed by atoms with van der Waals surface area (Å²) in [6, 6.07) is 0. The lowest BCUT2D eigenvalue weighted by Gasteiger charge is -2.26. The van der Waals surface area contributed by atoms with Gasteiger partial charge in [0.15, 0.2) is 0 Å². The fourth-order valence-electron chi connectivity index (χ4n) is 2.84. The second kappa shape index (κ2) is 4.06. The summed E-state index contributed by atoms with van der Waals surface area (Å²) in [6.07, 6.45) is 8.19. The Morgan fingerprint density at radius 3 is 2.53 bits per heavy atom. The first-order valence-electron chi connectivity index (χ1n) is 6.58. The van der Waals surface area contributed by atoms with Crippen LogP contribution in [-0.2, 0) is 0 Å². The molecular formula is C13H26N2. The minimum absolute atomic E-state index is 0.00557. The molecule has 3 N–H and O–H groups in total. The maximum atomic E-state index is 6.21. The SMILES string of the molecule is CCCC(C)(N)CNCC1(C2CC2)CC1. The molecule has 2 heteroatoms. The van der Waals surface area contributed by atoms with Crippen molar-refractivity contribution >= 4 is 0 Å². The van der Waals surface area contributed by atoms with E-state index in [2.05, 4.69) is 19.2 Å². The lowest BCUT2D eigenvalue weighted by molar-refractivity contribution is 0.348. The van der Waals surface area contributed by atoms with Crippen molar-refractivity contribution in [2.75, 3.05) is 13.1 Å². The highest BCUT2D eigenvalue weighted by molar-refractivity contribution is 5.05. The summed E-state index contributed by atoms with van der Waals surface area (Å²) in [7, 11) is 0. The van der Waals surface area contributed by atoms with Crippen molar-refractivity contribution in [3.05, 3.63) is 0 Å². The van der Waals surface area contributed by atoms with Crippen LogP contribution in [0.15, 0.2) is 0 Å². The normalized spacial score (nSPS) is 27.4. The van der Waals surface area contributed by atoms with Crippen molar-refractivity contribution in [2.45, 2.75) is 57.9 Å². The summed E-state index contributed by atoms with van der Waals surface area (Å²) in [6.45, 7) is 6.57. The van der Waals surface area contributed by atoms with Crippen LogP contribution in [0.3, 0.4) is 0 Å². The molecule has 0 bridgehead atoms. The molecule has 0 aromatic rings. The highest BCUT2D eigenvalue weighted by Crippen LogP contribution is 2.60. The summed E-state index contributed by atoms with van der Waals surface area (Å²) in [4.78, 5) is 0. The van der Waals surface area contributed by atoms with Crippen molar-refractivity contribution < 1.29 is 0 Å². The van der Waals surface area contributed by atoms with E-state index < -0.39 is 0 Å². The molecule has 88 valence electrons. The molecule has 2 rings (SSSR count). The molecule has 2 nitrogen and oxygen atoms in total. The van der Waals surface area contributed by atoms with Gasteiger partial charge in [-0.3, -0.25) is 0 Å². The molecule has 0 aromatic carbocycles. The summed E-state index contributed by atoms with van der Waals surface area (Å²) >= 11 is 0. The third-order valence-electron chi connectivity index (χ3n) is 4.16. The first kappa shape index (κ1) is 11.4. The Morgan fingerprint density at radius 1 is 1.40 bits per heavy atom. The molecule has 15 heavy (non-hydrogen) atoms. The van der Waals surface area contributed by atoms with E-state index in [1.54, 1.807) is 0 Å². The van der Waals surface area contributed by atoms with Gasteiger partial charge in [-0.25, -0.2) is 0 Å². The predicted octanol–water partition coefficient (Wildman–Crippen LogP) is 2.28. The largest absolute Gasteiger partial charge is 0.324 e. The predicted molar refractivity (Wildman–Crippen MR) is 64.8 cm³/mol. The van der Waals surface area contributed by atoms with Gasteiger partial charge in [0, 0.05) is 18.6 Å². The summed E-state index contributed by atoms with van der Waals surface area (Å²) in [5, 5.41) is 3.61. The lowest BCUT2D eigenvalue weighted by Crippen LogP contribution is -2.47. The van der Waals surface area contributed by atoms with E-state index in [9.17, 15) is 0 Å². The standard InChI is InChI=1S/C13H26N2/c1-3-6-12(2,14)9-15-10-13(7-8-13)11-4-5-11/h11,15H,3-10,14H2,1-2H3. The number of rotatable bonds is 7. The zero-order valence-corrected chi connectivity index (χ0v) is 10.3. The molecular weight excluding hydrogens is 184 g/mol. The average molecular weight is 210 g/mol. The van der Waals surface area contributed by atoms with Gasteiger partial charge in [-0.05, 0) is 50.4 Å². The third kappa shape index (κ3) is 2.94. The fourth-order valence-corrected chi connectivity index (χ4v) is 2.84. The van der Waals surface area contributed by atoms with Crippen molar-refractivity contribution in [1.82, 2.24) is 5.32 Å². The Morgan fingerprint density at radius 2 is 2.07 bits per heavy atom. The second-order valence-electron chi connectivity index (χ2n) is 6.14. The Balaban J connectivity index is 1.66. The first-order valence-corrected chi connectivity index (χ1v) is 6.58.